The van der Waals surface area contributed by atoms with E-state index < -0.39 is 143 Å². The second-order valence-corrected chi connectivity index (χ2v) is 34.7. The Morgan fingerprint density at radius 2 is 0.819 bits per heavy atom. The molecule has 0 saturated carbocycles. The van der Waals surface area contributed by atoms with Gasteiger partial charge in [0.25, 0.3) is 54.8 Å². The van der Waals surface area contributed by atoms with Crippen molar-refractivity contribution in [2.75, 3.05) is 49.3 Å². The van der Waals surface area contributed by atoms with Crippen LogP contribution in [-0.2, 0) is 77.4 Å². The minimum atomic E-state index is -4.48. The number of pyridine rings is 2. The van der Waals surface area contributed by atoms with Crippen LogP contribution in [0.25, 0.3) is 65.9 Å². The number of H-pyrrole nitrogens is 2. The normalized spacial score (nSPS) is 13.1. The maximum absolute atomic E-state index is 14.6. The van der Waals surface area contributed by atoms with Crippen LogP contribution in [0, 0.1) is 13.8 Å². The van der Waals surface area contributed by atoms with Gasteiger partial charge in [0.2, 0.25) is 34.0 Å². The van der Waals surface area contributed by atoms with Crippen molar-refractivity contribution in [1.82, 2.24) is 53.5 Å². The Bertz CT molecular complexity index is 6420. The number of carbonyl (C=O) groups excluding carboxylic acids is 6. The number of carbonyl (C=O) groups is 6. The second-order valence-electron chi connectivity index (χ2n) is 27.9. The van der Waals surface area contributed by atoms with E-state index in [1.54, 1.807) is 133 Å². The summed E-state index contributed by atoms with van der Waals surface area (Å²) in [6.07, 6.45) is -3.78. The number of nitrogen functional groups attached to an aromatic ring is 2. The SMILES string of the molecule is CC.CC.CC(=O)CCCN(C(=O)c1c2ccccc2[n+](CCCS(=O)(=O)[O-])c2ccccc12)S(=O)(=O)c1ccc(C)cc1.Cc1ccc(S(=O)(=O)N(CCCC(=O)ON2C(=O)CCC2=O)C(=O)c2c3ccccc3[n+](CCCS(=O)(=O)[O-])c3ccccc23)cc1.Nc1nc2ncc([C@H](O)[C@H](O)CO)nc2c(=O)[nH]1.Nc1nc2ncc([C@H](O)[C@H](O)CO)nc2c(=O)[nH]1. The van der Waals surface area contributed by atoms with E-state index in [2.05, 4.69) is 39.9 Å². The molecule has 12 aromatic rings. The molecule has 1 aliphatic heterocycles. The van der Waals surface area contributed by atoms with Crippen molar-refractivity contribution in [1.29, 1.82) is 0 Å². The van der Waals surface area contributed by atoms with E-state index in [4.69, 9.17) is 26.5 Å². The number of hydrogen-bond donors (Lipinski definition) is 10. The van der Waals surface area contributed by atoms with Crippen molar-refractivity contribution in [3.05, 3.63) is 212 Å². The van der Waals surface area contributed by atoms with Gasteiger partial charge in [-0.25, -0.2) is 67.0 Å². The minimum Gasteiger partial charge on any atom is -0.748 e. The topological polar surface area (TPSA) is 628 Å². The molecule has 12 N–H and O–H groups in total. The number of nitrogens with two attached hydrogens (primary N) is 2. The number of hydroxylamine groups is 2. The van der Waals surface area contributed by atoms with E-state index >= 15 is 0 Å². The first-order valence-electron chi connectivity index (χ1n) is 39.6. The van der Waals surface area contributed by atoms with Crippen molar-refractivity contribution < 1.29 is 116 Å². The number of Topliss-reactive ketones (excluding diaryl/α,β-unsaturated/α-hetero) is 1. The van der Waals surface area contributed by atoms with Crippen LogP contribution in [0.4, 0.5) is 11.9 Å². The molecule has 40 nitrogen and oxygen atoms in total. The lowest BCUT2D eigenvalue weighted by atomic mass is 10.0. The lowest BCUT2D eigenvalue weighted by Gasteiger charge is -2.24. The van der Waals surface area contributed by atoms with Crippen molar-refractivity contribution in [2.24, 2.45) is 0 Å². The molecule has 44 heteroatoms. The number of aromatic nitrogens is 10. The highest BCUT2D eigenvalue weighted by Gasteiger charge is 2.38. The van der Waals surface area contributed by atoms with Crippen molar-refractivity contribution in [2.45, 2.75) is 147 Å². The lowest BCUT2D eigenvalue weighted by molar-refractivity contribution is -0.645. The largest absolute Gasteiger partial charge is 0.748 e. The van der Waals surface area contributed by atoms with Gasteiger partial charge in [0.05, 0.1) is 99.7 Å². The summed E-state index contributed by atoms with van der Waals surface area (Å²) < 4.78 is 129. The van der Waals surface area contributed by atoms with Crippen LogP contribution >= 0.6 is 0 Å². The highest BCUT2D eigenvalue weighted by atomic mass is 32.2. The predicted octanol–water partition coefficient (Wildman–Crippen LogP) is 3.88. The number of sulfonamides is 2. The number of aliphatic hydroxyl groups excluding tert-OH is 6. The van der Waals surface area contributed by atoms with E-state index in [-0.39, 0.29) is 137 Å². The number of anilines is 2. The van der Waals surface area contributed by atoms with Gasteiger partial charge in [0, 0.05) is 87.4 Å². The molecule has 0 unspecified atom stereocenters. The van der Waals surface area contributed by atoms with Gasteiger partial charge in [0.1, 0.15) is 30.2 Å². The van der Waals surface area contributed by atoms with Gasteiger partial charge in [-0.3, -0.25) is 38.7 Å². The van der Waals surface area contributed by atoms with Crippen LogP contribution in [0.1, 0.15) is 141 Å². The molecule has 7 heterocycles. The Labute approximate surface area is 727 Å². The molecule has 13 rings (SSSR count). The molecule has 6 aromatic carbocycles. The number of aryl methyl sites for hydroxylation is 4. The number of fused-ring (bicyclic) bond motifs is 6. The molecule has 676 valence electrons. The van der Waals surface area contributed by atoms with Gasteiger partial charge in [-0.05, 0) is 82.1 Å². The zero-order chi connectivity index (χ0) is 93.6. The van der Waals surface area contributed by atoms with Crippen LogP contribution in [-0.4, -0.2) is 212 Å². The fraction of sp³-hybridized carbons (Fsp3) is 0.325. The quantitative estimate of drug-likeness (QED) is 0.0138. The third kappa shape index (κ3) is 25.2. The van der Waals surface area contributed by atoms with E-state index in [0.29, 0.717) is 53.0 Å². The Kier molecular flexibility index (Phi) is 35.0. The molecule has 127 heavy (non-hydrogen) atoms. The summed E-state index contributed by atoms with van der Waals surface area (Å²) in [7, 11) is -17.6. The fourth-order valence-corrected chi connectivity index (χ4v) is 16.8. The van der Waals surface area contributed by atoms with Crippen LogP contribution in [0.3, 0.4) is 0 Å². The molecule has 0 radical (unpaired) electrons. The number of ketones is 1. The molecule has 1 fully saturated rings. The summed E-state index contributed by atoms with van der Waals surface area (Å²) in [6, 6.07) is 39.6. The molecule has 0 aliphatic carbocycles. The van der Waals surface area contributed by atoms with Crippen LogP contribution in [0.2, 0.25) is 0 Å². The Hall–Kier alpha value is -12.6. The molecule has 4 atom stereocenters. The maximum Gasteiger partial charge on any atom is 0.333 e. The summed E-state index contributed by atoms with van der Waals surface area (Å²) in [6.45, 7) is 11.4. The zero-order valence-electron chi connectivity index (χ0n) is 69.8. The molecule has 0 bridgehead atoms. The third-order valence-electron chi connectivity index (χ3n) is 19.0. The third-order valence-corrected chi connectivity index (χ3v) is 24.1. The van der Waals surface area contributed by atoms with Gasteiger partial charge < -0.3 is 60.8 Å². The van der Waals surface area contributed by atoms with Crippen LogP contribution < -0.4 is 31.7 Å². The van der Waals surface area contributed by atoms with Gasteiger partial charge in [-0.1, -0.05) is 112 Å². The molecule has 1 saturated heterocycles. The Morgan fingerprint density at radius 3 is 1.13 bits per heavy atom. The molecule has 1 aliphatic rings. The molecule has 0 spiro atoms. The van der Waals surface area contributed by atoms with Crippen molar-refractivity contribution >= 4 is 154 Å². The second kappa shape index (κ2) is 44.5. The van der Waals surface area contributed by atoms with Gasteiger partial charge >= 0.3 is 5.97 Å². The molecule has 6 aromatic heterocycles. The van der Waals surface area contributed by atoms with E-state index in [0.717, 1.165) is 27.8 Å². The molecule has 4 amide bonds. The summed E-state index contributed by atoms with van der Waals surface area (Å²) in [5.41, 5.74) is 13.3. The first-order chi connectivity index (χ1) is 60.2. The minimum absolute atomic E-state index is 0.0103. The average Bonchev–Trinajstić information content (AvgIpc) is 1.05. The first kappa shape index (κ1) is 99.8. The van der Waals surface area contributed by atoms with Crippen molar-refractivity contribution in [3.8, 4) is 0 Å². The highest BCUT2D eigenvalue weighted by molar-refractivity contribution is 7.90. The smallest absolute Gasteiger partial charge is 0.333 e. The standard InChI is InChI=1S/C32H31N3O10S2.C29H30N2O7S2.2C9H11N5O4.2C2H6/c1-22-13-15-23(16-14-22)47(43,44)34(20-6-12-30(38)45-35-28(36)17-18-29(35)37)32(39)31-24-8-2-4-10-26(24)33(19-7-21-46(40,41)42)27-11-5-3-9-25(27)31;1-21-14-16-23(17-15-21)40(37,38)31(19-7-9-22(2)32)29(33)28-24-10-3-5-12-26(24)30(18-8-20-39(34,35)36)27-13-6-4-11-25(27)28;2*10-9-13-7-5(8(18)14-9)12-3(1-11-7)6(17)4(16)2-15;2*1-2/h2-5,8-11,13-16H,6-7,12,17-21H2,1H3;3-6,10-17H,7-9,18-20H2,1-2H3;2*1,4,6,15-17H,2H2,(H3,10,11,13,14,18);2*1-2H3/t;;2*4-,6+;;/m..11../s1. The van der Waals surface area contributed by atoms with Gasteiger partial charge in [-0.2, -0.15) is 19.1 Å². The number of para-hydroxylation sites is 4. The number of nitrogens with zero attached hydrogens (tertiary/aromatic N) is 11. The number of hydrogen-bond acceptors (Lipinski definition) is 33. The number of nitrogens with one attached hydrogen (secondary N) is 2. The summed E-state index contributed by atoms with van der Waals surface area (Å²) >= 11 is 0. The monoisotopic (exact) mass is 1830 g/mol. The summed E-state index contributed by atoms with van der Waals surface area (Å²) in [5, 5.41) is 57.4. The van der Waals surface area contributed by atoms with E-state index in [1.807, 2.05) is 39.2 Å². The zero-order valence-corrected chi connectivity index (χ0v) is 73.0. The van der Waals surface area contributed by atoms with Crippen LogP contribution in [0.5, 0.6) is 0 Å². The van der Waals surface area contributed by atoms with Gasteiger partial charge in [0.15, 0.2) is 35.4 Å². The highest BCUT2D eigenvalue weighted by Crippen LogP contribution is 2.33. The maximum atomic E-state index is 14.6. The number of imide groups is 1. The predicted molar refractivity (Wildman–Crippen MR) is 460 cm³/mol. The van der Waals surface area contributed by atoms with Crippen molar-refractivity contribution in [3.63, 3.8) is 0 Å². The Balaban J connectivity index is 0.000000223. The number of benzene rings is 6. The van der Waals surface area contributed by atoms with E-state index in [1.165, 1.54) is 31.2 Å². The van der Waals surface area contributed by atoms with E-state index in [9.17, 15) is 102 Å². The fourth-order valence-electron chi connectivity index (χ4n) is 13.0. The first-order valence-corrected chi connectivity index (χ1v) is 45.6. The summed E-state index contributed by atoms with van der Waals surface area (Å²) in [5.74, 6) is -5.28. The number of amides is 4. The van der Waals surface area contributed by atoms with Gasteiger partial charge in [-0.15, -0.1) is 5.06 Å². The lowest BCUT2D eigenvalue weighted by Crippen LogP contribution is -2.41. The van der Waals surface area contributed by atoms with Crippen LogP contribution in [0.15, 0.2) is 177 Å². The average molecular weight is 1830 g/mol. The molecular formula is C83H95N15O25S4. The number of rotatable bonds is 29. The summed E-state index contributed by atoms with van der Waals surface area (Å²) in [4.78, 5) is 132. The Morgan fingerprint density at radius 1 is 0.496 bits per heavy atom. The number of aromatic amines is 2. The molecular weight excluding hydrogens is 1740 g/mol. The number of aliphatic hydroxyl groups is 6.